The van der Waals surface area contributed by atoms with Gasteiger partial charge in [-0.3, -0.25) is 28.8 Å². The van der Waals surface area contributed by atoms with Crippen molar-refractivity contribution in [1.82, 2.24) is 0 Å². The summed E-state index contributed by atoms with van der Waals surface area (Å²) in [5, 5.41) is 47.4. The van der Waals surface area contributed by atoms with E-state index in [2.05, 4.69) is 0 Å². The Morgan fingerprint density at radius 3 is 0.410 bits per heavy atom. The van der Waals surface area contributed by atoms with Crippen LogP contribution in [0, 0.1) is 0 Å². The van der Waals surface area contributed by atoms with Crippen LogP contribution in [0.15, 0.2) is 0 Å². The number of hydrogen-bond donors (Lipinski definition) is 12. The van der Waals surface area contributed by atoms with Crippen LogP contribution in [0.25, 0.3) is 0 Å². The number of rotatable bonds is 12. The van der Waals surface area contributed by atoms with E-state index >= 15 is 0 Å². The van der Waals surface area contributed by atoms with Crippen molar-refractivity contribution >= 4 is 124 Å². The van der Waals surface area contributed by atoms with Gasteiger partial charge in [0.25, 0.3) is 0 Å². The maximum atomic E-state index is 9.64. The molecule has 0 radical (unpaired) electrons. The van der Waals surface area contributed by atoms with Gasteiger partial charge in [0.05, 0.1) is 38.5 Å². The summed E-state index contributed by atoms with van der Waals surface area (Å²) in [7, 11) is 0. The normalized spacial score (nSPS) is 7.54. The molecule has 0 unspecified atom stereocenters. The molecule has 222 valence electrons. The van der Waals surface area contributed by atoms with E-state index in [0.717, 1.165) is 0 Å². The van der Waals surface area contributed by atoms with Gasteiger partial charge in [0.2, 0.25) is 0 Å². The van der Waals surface area contributed by atoms with Gasteiger partial charge < -0.3 is 65.0 Å². The Balaban J connectivity index is -0.0000000401. The number of hydrogen-bond acceptors (Lipinski definition) is 12. The Hall–Kier alpha value is -0.420. The third kappa shape index (κ3) is 154. The van der Waals surface area contributed by atoms with Crippen molar-refractivity contribution < 1.29 is 59.4 Å². The number of aliphatic carboxylic acids is 6. The number of carboxylic acids is 6. The van der Waals surface area contributed by atoms with Crippen LogP contribution in [-0.4, -0.2) is 194 Å². The van der Waals surface area contributed by atoms with Gasteiger partial charge in [-0.15, -0.1) is 0 Å². The van der Waals surface area contributed by atoms with E-state index in [1.165, 1.54) is 0 Å². The van der Waals surface area contributed by atoms with Crippen LogP contribution in [0.2, 0.25) is 0 Å². The quantitative estimate of drug-likeness (QED) is 0.0921. The number of carbonyl (C=O) groups is 6. The standard InChI is InChI=1S/3C4H6O4.3C2H8N2.3Na.3H/c3*5-3(6)1-2-4(7)8;3*3-1-2-4;;;;;;/h3*1-2H2,(H,5,6)(H,7,8);3*1-4H2;;;;;;. The van der Waals surface area contributed by atoms with Gasteiger partial charge in [-0.1, -0.05) is 0 Å². The van der Waals surface area contributed by atoms with Crippen molar-refractivity contribution in [2.75, 3.05) is 39.3 Å². The van der Waals surface area contributed by atoms with Gasteiger partial charge in [-0.2, -0.15) is 0 Å². The minimum atomic E-state index is -1.08. The topological polar surface area (TPSA) is 380 Å². The van der Waals surface area contributed by atoms with E-state index in [1.54, 1.807) is 0 Å². The molecule has 0 saturated carbocycles. The fourth-order valence-electron chi connectivity index (χ4n) is 0.642. The zero-order chi connectivity index (χ0) is 29.9. The molecule has 0 aliphatic carbocycles. The van der Waals surface area contributed by atoms with Crippen LogP contribution in [0.5, 0.6) is 0 Å². The Morgan fingerprint density at radius 2 is 0.385 bits per heavy atom. The second-order valence-corrected chi connectivity index (χ2v) is 5.59. The molecule has 0 fully saturated rings. The molecule has 0 rings (SSSR count). The predicted octanol–water partition coefficient (Wildman–Crippen LogP) is -5.43. The molecule has 0 heterocycles. The van der Waals surface area contributed by atoms with Crippen LogP contribution < -0.4 is 34.4 Å². The zero-order valence-corrected chi connectivity index (χ0v) is 20.1. The van der Waals surface area contributed by atoms with Gasteiger partial charge >= 0.3 is 124 Å². The molecule has 0 atom stereocenters. The Kier molecular flexibility index (Phi) is 91.8. The van der Waals surface area contributed by atoms with Crippen molar-refractivity contribution in [1.29, 1.82) is 0 Å². The summed E-state index contributed by atoms with van der Waals surface area (Å²) >= 11 is 0. The zero-order valence-electron chi connectivity index (χ0n) is 20.1. The molecule has 0 aromatic rings. The van der Waals surface area contributed by atoms with E-state index in [4.69, 9.17) is 65.0 Å². The summed E-state index contributed by atoms with van der Waals surface area (Å²) in [6, 6.07) is 0. The van der Waals surface area contributed by atoms with E-state index in [9.17, 15) is 28.8 Å². The van der Waals surface area contributed by atoms with Crippen LogP contribution in [-0.2, 0) is 28.8 Å². The first-order valence-corrected chi connectivity index (χ1v) is 10.1. The average Bonchev–Trinajstić information content (AvgIpc) is 2.81. The molecule has 0 spiro atoms. The molecule has 0 aromatic carbocycles. The van der Waals surface area contributed by atoms with E-state index in [0.29, 0.717) is 39.3 Å². The minimum absolute atomic E-state index is 0. The molecule has 18 N–H and O–H groups in total. The monoisotopic (exact) mass is 606 g/mol. The average molecular weight is 607 g/mol. The van der Waals surface area contributed by atoms with Crippen LogP contribution in [0.3, 0.4) is 0 Å². The van der Waals surface area contributed by atoms with E-state index in [-0.39, 0.29) is 127 Å². The molecule has 0 saturated heterocycles. The third-order valence-corrected chi connectivity index (χ3v) is 2.16. The van der Waals surface area contributed by atoms with Crippen LogP contribution in [0.4, 0.5) is 0 Å². The molecular formula is C18H45N6Na3O12. The molecular weight excluding hydrogens is 561 g/mol. The van der Waals surface area contributed by atoms with Crippen molar-refractivity contribution in [2.45, 2.75) is 38.5 Å². The Morgan fingerprint density at radius 1 is 0.308 bits per heavy atom. The van der Waals surface area contributed by atoms with Gasteiger partial charge in [0.15, 0.2) is 0 Å². The first kappa shape index (κ1) is 62.3. The van der Waals surface area contributed by atoms with Gasteiger partial charge in [-0.05, 0) is 0 Å². The third-order valence-electron chi connectivity index (χ3n) is 2.16. The van der Waals surface area contributed by atoms with Gasteiger partial charge in [0.1, 0.15) is 0 Å². The first-order valence-electron chi connectivity index (χ1n) is 10.1. The molecule has 39 heavy (non-hydrogen) atoms. The molecule has 21 heteroatoms. The summed E-state index contributed by atoms with van der Waals surface area (Å²) < 4.78 is 0. The molecule has 18 nitrogen and oxygen atoms in total. The van der Waals surface area contributed by atoms with Crippen molar-refractivity contribution in [3.05, 3.63) is 0 Å². The van der Waals surface area contributed by atoms with Crippen LogP contribution in [0.1, 0.15) is 38.5 Å². The second-order valence-electron chi connectivity index (χ2n) is 5.59. The first-order chi connectivity index (χ1) is 16.6. The number of carboxylic acid groups (broad SMARTS) is 6. The van der Waals surface area contributed by atoms with Gasteiger partial charge in [-0.25, -0.2) is 0 Å². The predicted molar refractivity (Wildman–Crippen MR) is 149 cm³/mol. The molecule has 0 aliphatic heterocycles. The van der Waals surface area contributed by atoms with Crippen molar-refractivity contribution in [2.24, 2.45) is 34.4 Å². The fraction of sp³-hybridized carbons (Fsp3) is 0.667. The Labute approximate surface area is 293 Å². The summed E-state index contributed by atoms with van der Waals surface area (Å²) in [6.07, 6.45) is -1.78. The van der Waals surface area contributed by atoms with Crippen molar-refractivity contribution in [3.8, 4) is 0 Å². The summed E-state index contributed by atoms with van der Waals surface area (Å²) in [5.41, 5.74) is 29.4. The van der Waals surface area contributed by atoms with Gasteiger partial charge in [0, 0.05) is 39.3 Å². The molecule has 0 amide bonds. The summed E-state index contributed by atoms with van der Waals surface area (Å²) in [5.74, 6) is -6.46. The summed E-state index contributed by atoms with van der Waals surface area (Å²) in [4.78, 5) is 57.8. The number of nitrogens with two attached hydrogens (primary N) is 6. The fourth-order valence-corrected chi connectivity index (χ4v) is 0.642. The SMILES string of the molecule is NCCN.NCCN.NCCN.O=C(O)CCC(=O)O.O=C(O)CCC(=O)O.O=C(O)CCC(=O)O.[NaH].[NaH].[NaH]. The summed E-state index contributed by atoms with van der Waals surface area (Å²) in [6.45, 7) is 3.58. The molecule has 0 aliphatic rings. The second kappa shape index (κ2) is 57.5. The van der Waals surface area contributed by atoms with E-state index < -0.39 is 35.8 Å². The molecule has 0 bridgehead atoms. The van der Waals surface area contributed by atoms with E-state index in [1.807, 2.05) is 0 Å². The Bertz CT molecular complexity index is 456. The maximum absolute atomic E-state index is 9.64. The van der Waals surface area contributed by atoms with Crippen molar-refractivity contribution in [3.63, 3.8) is 0 Å². The van der Waals surface area contributed by atoms with Crippen LogP contribution >= 0.6 is 0 Å². The molecule has 0 aromatic heterocycles.